The van der Waals surface area contributed by atoms with Gasteiger partial charge in [0.15, 0.2) is 18.1 Å². The Morgan fingerprint density at radius 2 is 1.56 bits per heavy atom. The zero-order valence-corrected chi connectivity index (χ0v) is 20.0. The number of hydrazone groups is 1. The summed E-state index contributed by atoms with van der Waals surface area (Å²) < 4.78 is 12.2. The van der Waals surface area contributed by atoms with Gasteiger partial charge in [0.25, 0.3) is 5.91 Å². The van der Waals surface area contributed by atoms with Gasteiger partial charge in [-0.25, -0.2) is 5.01 Å². The van der Waals surface area contributed by atoms with E-state index in [9.17, 15) is 4.79 Å². The minimum Gasteiger partial charge on any atom is -0.490 e. The monoisotopic (exact) mass is 495 g/mol. The first kappa shape index (κ1) is 23.3. The van der Waals surface area contributed by atoms with Crippen molar-refractivity contribution in [2.45, 2.75) is 6.92 Å². The van der Waals surface area contributed by atoms with Gasteiger partial charge in [-0.2, -0.15) is 5.10 Å². The van der Waals surface area contributed by atoms with E-state index in [2.05, 4.69) is 15.9 Å². The van der Waals surface area contributed by atoms with E-state index in [0.717, 1.165) is 16.9 Å². The fourth-order valence-corrected chi connectivity index (χ4v) is 3.45. The number of benzene rings is 3. The Kier molecular flexibility index (Phi) is 8.27. The zero-order valence-electron chi connectivity index (χ0n) is 18.4. The van der Waals surface area contributed by atoms with Crippen LogP contribution in [0.5, 0.6) is 11.5 Å². The summed E-state index contributed by atoms with van der Waals surface area (Å²) in [5.74, 6) is 0.898. The molecule has 0 unspecified atom stereocenters. The van der Waals surface area contributed by atoms with Crippen LogP contribution in [0.3, 0.4) is 0 Å². The number of carbonyl (C=O) groups is 1. The SMILES string of the molecule is CCOc1cc(/C=N/N(c2ccccc2)c2ccccc2)cc(Br)c1OCC(=O)N(C)C. The lowest BCUT2D eigenvalue weighted by atomic mass is 10.2. The molecular formula is C25H26BrN3O3. The fourth-order valence-electron chi connectivity index (χ4n) is 2.87. The maximum absolute atomic E-state index is 11.9. The topological polar surface area (TPSA) is 54.4 Å². The highest BCUT2D eigenvalue weighted by atomic mass is 79.9. The van der Waals surface area contributed by atoms with Gasteiger partial charge in [-0.05, 0) is 64.8 Å². The molecule has 3 aromatic rings. The van der Waals surface area contributed by atoms with Gasteiger partial charge in [-0.3, -0.25) is 4.79 Å². The number of likely N-dealkylation sites (N-methyl/N-ethyl adjacent to an activating group) is 1. The van der Waals surface area contributed by atoms with Crippen LogP contribution in [0.15, 0.2) is 82.4 Å². The van der Waals surface area contributed by atoms with Crippen LogP contribution in [0.25, 0.3) is 0 Å². The highest BCUT2D eigenvalue weighted by molar-refractivity contribution is 9.10. The second kappa shape index (κ2) is 11.3. The van der Waals surface area contributed by atoms with Gasteiger partial charge in [-0.1, -0.05) is 36.4 Å². The zero-order chi connectivity index (χ0) is 22.9. The molecule has 32 heavy (non-hydrogen) atoms. The van der Waals surface area contributed by atoms with Crippen molar-refractivity contribution in [3.05, 3.63) is 82.8 Å². The molecule has 0 heterocycles. The van der Waals surface area contributed by atoms with Crippen molar-refractivity contribution in [1.82, 2.24) is 4.90 Å². The lowest BCUT2D eigenvalue weighted by Gasteiger charge is -2.19. The largest absolute Gasteiger partial charge is 0.490 e. The fraction of sp³-hybridized carbons (Fsp3) is 0.200. The molecule has 6 nitrogen and oxygen atoms in total. The lowest BCUT2D eigenvalue weighted by molar-refractivity contribution is -0.130. The van der Waals surface area contributed by atoms with Crippen LogP contribution in [0, 0.1) is 0 Å². The van der Waals surface area contributed by atoms with Crippen molar-refractivity contribution in [3.63, 3.8) is 0 Å². The highest BCUT2D eigenvalue weighted by Gasteiger charge is 2.15. The average Bonchev–Trinajstić information content (AvgIpc) is 2.80. The first-order valence-corrected chi connectivity index (χ1v) is 11.0. The van der Waals surface area contributed by atoms with Gasteiger partial charge in [-0.15, -0.1) is 0 Å². The van der Waals surface area contributed by atoms with E-state index >= 15 is 0 Å². The summed E-state index contributed by atoms with van der Waals surface area (Å²) in [6.45, 7) is 2.29. The van der Waals surface area contributed by atoms with Crippen LogP contribution in [0.2, 0.25) is 0 Å². The third kappa shape index (κ3) is 6.11. The first-order chi connectivity index (χ1) is 15.5. The number of hydrogen-bond donors (Lipinski definition) is 0. The number of ether oxygens (including phenoxy) is 2. The van der Waals surface area contributed by atoms with Crippen LogP contribution >= 0.6 is 15.9 Å². The molecule has 0 fully saturated rings. The van der Waals surface area contributed by atoms with E-state index in [-0.39, 0.29) is 12.5 Å². The molecule has 166 valence electrons. The van der Waals surface area contributed by atoms with Crippen molar-refractivity contribution >= 4 is 39.4 Å². The molecule has 3 aromatic carbocycles. The predicted octanol–water partition coefficient (Wildman–Crippen LogP) is 5.49. The molecule has 1 amide bonds. The van der Waals surface area contributed by atoms with Crippen LogP contribution in [0.4, 0.5) is 11.4 Å². The van der Waals surface area contributed by atoms with E-state index < -0.39 is 0 Å². The van der Waals surface area contributed by atoms with E-state index in [1.54, 1.807) is 20.3 Å². The van der Waals surface area contributed by atoms with Crippen LogP contribution in [-0.2, 0) is 4.79 Å². The molecular weight excluding hydrogens is 470 g/mol. The summed E-state index contributed by atoms with van der Waals surface area (Å²) in [6, 6.07) is 23.6. The number of carbonyl (C=O) groups excluding carboxylic acids is 1. The third-order valence-electron chi connectivity index (χ3n) is 4.49. The molecule has 0 saturated heterocycles. The summed E-state index contributed by atoms with van der Waals surface area (Å²) >= 11 is 3.55. The van der Waals surface area contributed by atoms with Crippen molar-refractivity contribution < 1.29 is 14.3 Å². The Bertz CT molecular complexity index is 1020. The molecule has 0 aliphatic heterocycles. The highest BCUT2D eigenvalue weighted by Crippen LogP contribution is 2.37. The molecule has 0 aliphatic rings. The maximum atomic E-state index is 11.9. The Hall–Kier alpha value is -3.32. The number of hydrogen-bond acceptors (Lipinski definition) is 5. The minimum atomic E-state index is -0.133. The van der Waals surface area contributed by atoms with E-state index in [1.807, 2.05) is 84.7 Å². The van der Waals surface area contributed by atoms with Crippen LogP contribution < -0.4 is 14.5 Å². The molecule has 0 radical (unpaired) electrons. The van der Waals surface area contributed by atoms with Crippen molar-refractivity contribution in [2.75, 3.05) is 32.3 Å². The van der Waals surface area contributed by atoms with Gasteiger partial charge in [0.1, 0.15) is 0 Å². The molecule has 0 aliphatic carbocycles. The van der Waals surface area contributed by atoms with Gasteiger partial charge in [0, 0.05) is 14.1 Å². The minimum absolute atomic E-state index is 0.0745. The number of anilines is 2. The number of nitrogens with zero attached hydrogens (tertiary/aromatic N) is 3. The van der Waals surface area contributed by atoms with Gasteiger partial charge in [0.2, 0.25) is 0 Å². The molecule has 0 N–H and O–H groups in total. The molecule has 3 rings (SSSR count). The van der Waals surface area contributed by atoms with Crippen molar-refractivity contribution in [2.24, 2.45) is 5.10 Å². The number of para-hydroxylation sites is 2. The van der Waals surface area contributed by atoms with Crippen molar-refractivity contribution in [3.8, 4) is 11.5 Å². The van der Waals surface area contributed by atoms with E-state index in [4.69, 9.17) is 14.6 Å². The van der Waals surface area contributed by atoms with Crippen molar-refractivity contribution in [1.29, 1.82) is 0 Å². The molecule has 0 atom stereocenters. The number of halogens is 1. The summed E-state index contributed by atoms with van der Waals surface area (Å²) in [6.07, 6.45) is 1.77. The molecule has 0 spiro atoms. The Morgan fingerprint density at radius 1 is 0.969 bits per heavy atom. The van der Waals surface area contributed by atoms with Gasteiger partial charge in [0.05, 0.1) is 28.7 Å². The van der Waals surface area contributed by atoms with Gasteiger partial charge < -0.3 is 14.4 Å². The summed E-state index contributed by atoms with van der Waals surface area (Å²) in [5, 5.41) is 6.60. The smallest absolute Gasteiger partial charge is 0.259 e. The average molecular weight is 496 g/mol. The van der Waals surface area contributed by atoms with Crippen LogP contribution in [-0.4, -0.2) is 44.3 Å². The summed E-state index contributed by atoms with van der Waals surface area (Å²) in [7, 11) is 3.38. The summed E-state index contributed by atoms with van der Waals surface area (Å²) in [4.78, 5) is 13.4. The predicted molar refractivity (Wildman–Crippen MR) is 132 cm³/mol. The quantitative estimate of drug-likeness (QED) is 0.291. The first-order valence-electron chi connectivity index (χ1n) is 10.2. The Morgan fingerprint density at radius 3 is 2.09 bits per heavy atom. The number of rotatable bonds is 9. The molecule has 7 heteroatoms. The van der Waals surface area contributed by atoms with Crippen LogP contribution in [0.1, 0.15) is 12.5 Å². The Labute approximate surface area is 197 Å². The lowest BCUT2D eigenvalue weighted by Crippen LogP contribution is -2.27. The standard InChI is InChI=1S/C25H26BrN3O3/c1-4-31-23-16-19(15-22(26)25(23)32-18-24(30)28(2)3)17-27-29(20-11-7-5-8-12-20)21-13-9-6-10-14-21/h5-17H,4,18H2,1-3H3/b27-17+. The molecule has 0 saturated carbocycles. The molecule has 0 bridgehead atoms. The second-order valence-corrected chi connectivity index (χ2v) is 7.92. The van der Waals surface area contributed by atoms with E-state index in [1.165, 1.54) is 4.90 Å². The second-order valence-electron chi connectivity index (χ2n) is 7.07. The molecule has 0 aromatic heterocycles. The maximum Gasteiger partial charge on any atom is 0.259 e. The number of amides is 1. The van der Waals surface area contributed by atoms with E-state index in [0.29, 0.717) is 22.6 Å². The van der Waals surface area contributed by atoms with Gasteiger partial charge >= 0.3 is 0 Å². The third-order valence-corrected chi connectivity index (χ3v) is 5.08. The Balaban J connectivity index is 1.91. The normalized spacial score (nSPS) is 10.8. The summed E-state index contributed by atoms with van der Waals surface area (Å²) in [5.41, 5.74) is 2.71.